The van der Waals surface area contributed by atoms with Gasteiger partial charge in [-0.15, -0.1) is 0 Å². The van der Waals surface area contributed by atoms with E-state index >= 15 is 0 Å². The van der Waals surface area contributed by atoms with E-state index in [-0.39, 0.29) is 16.5 Å². The van der Waals surface area contributed by atoms with Gasteiger partial charge in [0.05, 0.1) is 17.7 Å². The van der Waals surface area contributed by atoms with Crippen molar-refractivity contribution in [3.05, 3.63) is 58.1 Å². The Hall–Kier alpha value is -2.53. The van der Waals surface area contributed by atoms with Crippen LogP contribution >= 0.6 is 11.6 Å². The monoisotopic (exact) mass is 361 g/mol. The third-order valence-corrected chi connectivity index (χ3v) is 3.99. The SMILES string of the molecule is COC(=O)c1cc(NC(=O)[C@@H](C)Oc2cc(C)ccc2C)ccc1Cl. The summed E-state index contributed by atoms with van der Waals surface area (Å²) in [4.78, 5) is 24.0. The number of halogens is 1. The van der Waals surface area contributed by atoms with Crippen LogP contribution in [0.5, 0.6) is 5.75 Å². The predicted molar refractivity (Wildman–Crippen MR) is 97.4 cm³/mol. The van der Waals surface area contributed by atoms with Crippen molar-refractivity contribution in [2.75, 3.05) is 12.4 Å². The fourth-order valence-corrected chi connectivity index (χ4v) is 2.39. The van der Waals surface area contributed by atoms with Gasteiger partial charge in [0, 0.05) is 5.69 Å². The highest BCUT2D eigenvalue weighted by atomic mass is 35.5. The maximum absolute atomic E-state index is 12.4. The molecule has 0 heterocycles. The van der Waals surface area contributed by atoms with Gasteiger partial charge in [0.1, 0.15) is 5.75 Å². The Balaban J connectivity index is 2.11. The molecular weight excluding hydrogens is 342 g/mol. The first-order chi connectivity index (χ1) is 11.8. The zero-order chi connectivity index (χ0) is 18.6. The molecule has 0 saturated carbocycles. The summed E-state index contributed by atoms with van der Waals surface area (Å²) in [5.41, 5.74) is 2.62. The van der Waals surface area contributed by atoms with Crippen molar-refractivity contribution >= 4 is 29.2 Å². The van der Waals surface area contributed by atoms with Crippen LogP contribution in [0.25, 0.3) is 0 Å². The number of anilines is 1. The highest BCUT2D eigenvalue weighted by Gasteiger charge is 2.18. The molecule has 0 aliphatic heterocycles. The first kappa shape index (κ1) is 18.8. The van der Waals surface area contributed by atoms with Crippen LogP contribution in [0.4, 0.5) is 5.69 Å². The van der Waals surface area contributed by atoms with Gasteiger partial charge in [0.25, 0.3) is 5.91 Å². The van der Waals surface area contributed by atoms with Crippen molar-refractivity contribution in [3.63, 3.8) is 0 Å². The summed E-state index contributed by atoms with van der Waals surface area (Å²) in [6, 6.07) is 10.4. The molecule has 2 aromatic carbocycles. The number of esters is 1. The summed E-state index contributed by atoms with van der Waals surface area (Å²) in [6.45, 7) is 5.54. The molecule has 0 bridgehead atoms. The fourth-order valence-electron chi connectivity index (χ4n) is 2.19. The Morgan fingerprint density at radius 1 is 1.12 bits per heavy atom. The van der Waals surface area contributed by atoms with Crippen LogP contribution in [0.15, 0.2) is 36.4 Å². The molecule has 0 aromatic heterocycles. The van der Waals surface area contributed by atoms with Gasteiger partial charge in [-0.05, 0) is 56.2 Å². The number of methoxy groups -OCH3 is 1. The van der Waals surface area contributed by atoms with Gasteiger partial charge in [0.15, 0.2) is 6.10 Å². The Bertz CT molecular complexity index is 804. The molecule has 5 nitrogen and oxygen atoms in total. The van der Waals surface area contributed by atoms with E-state index in [1.165, 1.54) is 19.2 Å². The largest absolute Gasteiger partial charge is 0.481 e. The zero-order valence-electron chi connectivity index (χ0n) is 14.6. The summed E-state index contributed by atoms with van der Waals surface area (Å²) in [5, 5.41) is 2.97. The third-order valence-electron chi connectivity index (χ3n) is 3.66. The van der Waals surface area contributed by atoms with E-state index in [0.29, 0.717) is 11.4 Å². The molecular formula is C19H20ClNO4. The minimum Gasteiger partial charge on any atom is -0.481 e. The van der Waals surface area contributed by atoms with Gasteiger partial charge in [-0.1, -0.05) is 23.7 Å². The van der Waals surface area contributed by atoms with Crippen LogP contribution in [0.3, 0.4) is 0 Å². The van der Waals surface area contributed by atoms with Gasteiger partial charge >= 0.3 is 5.97 Å². The molecule has 1 N–H and O–H groups in total. The number of amides is 1. The molecule has 0 aliphatic carbocycles. The highest BCUT2D eigenvalue weighted by molar-refractivity contribution is 6.33. The number of nitrogens with one attached hydrogen (secondary N) is 1. The maximum atomic E-state index is 12.4. The lowest BCUT2D eigenvalue weighted by molar-refractivity contribution is -0.122. The van der Waals surface area contributed by atoms with Crippen LogP contribution in [-0.2, 0) is 9.53 Å². The van der Waals surface area contributed by atoms with Gasteiger partial charge in [-0.2, -0.15) is 0 Å². The average Bonchev–Trinajstić information content (AvgIpc) is 2.59. The number of benzene rings is 2. The fraction of sp³-hybridized carbons (Fsp3) is 0.263. The summed E-state index contributed by atoms with van der Waals surface area (Å²) >= 11 is 5.97. The summed E-state index contributed by atoms with van der Waals surface area (Å²) in [7, 11) is 1.27. The Kier molecular flexibility index (Phi) is 6.04. The first-order valence-electron chi connectivity index (χ1n) is 7.74. The minimum absolute atomic E-state index is 0.185. The predicted octanol–water partition coefficient (Wildman–Crippen LogP) is 4.15. The molecule has 25 heavy (non-hydrogen) atoms. The van der Waals surface area contributed by atoms with Crippen molar-refractivity contribution in [1.29, 1.82) is 0 Å². The molecule has 0 saturated heterocycles. The second-order valence-corrected chi connectivity index (χ2v) is 6.11. The van der Waals surface area contributed by atoms with Gasteiger partial charge in [-0.3, -0.25) is 4.79 Å². The number of carbonyl (C=O) groups is 2. The number of ether oxygens (including phenoxy) is 2. The Morgan fingerprint density at radius 3 is 2.52 bits per heavy atom. The molecule has 132 valence electrons. The molecule has 6 heteroatoms. The number of aryl methyl sites for hydroxylation is 2. The van der Waals surface area contributed by atoms with Crippen LogP contribution in [0.2, 0.25) is 5.02 Å². The molecule has 0 unspecified atom stereocenters. The lowest BCUT2D eigenvalue weighted by Crippen LogP contribution is -2.30. The smallest absolute Gasteiger partial charge is 0.339 e. The summed E-state index contributed by atoms with van der Waals surface area (Å²) in [6.07, 6.45) is -0.710. The quantitative estimate of drug-likeness (QED) is 0.812. The molecule has 0 spiro atoms. The summed E-state index contributed by atoms with van der Waals surface area (Å²) < 4.78 is 10.4. The molecule has 1 amide bonds. The maximum Gasteiger partial charge on any atom is 0.339 e. The van der Waals surface area contributed by atoms with E-state index in [9.17, 15) is 9.59 Å². The Morgan fingerprint density at radius 2 is 1.84 bits per heavy atom. The van der Waals surface area contributed by atoms with E-state index in [2.05, 4.69) is 10.1 Å². The van der Waals surface area contributed by atoms with E-state index in [0.717, 1.165) is 11.1 Å². The molecule has 0 fully saturated rings. The normalized spacial score (nSPS) is 11.6. The number of rotatable bonds is 5. The average molecular weight is 362 g/mol. The molecule has 2 aromatic rings. The van der Waals surface area contributed by atoms with Crippen LogP contribution in [0, 0.1) is 13.8 Å². The van der Waals surface area contributed by atoms with Gasteiger partial charge in [-0.25, -0.2) is 4.79 Å². The first-order valence-corrected chi connectivity index (χ1v) is 8.12. The molecule has 0 radical (unpaired) electrons. The number of hydrogen-bond acceptors (Lipinski definition) is 4. The van der Waals surface area contributed by atoms with Gasteiger partial charge in [0.2, 0.25) is 0 Å². The lowest BCUT2D eigenvalue weighted by Gasteiger charge is -2.17. The van der Waals surface area contributed by atoms with Crippen LogP contribution in [-0.4, -0.2) is 25.1 Å². The summed E-state index contributed by atoms with van der Waals surface area (Å²) in [5.74, 6) is -0.242. The van der Waals surface area contributed by atoms with Crippen LogP contribution < -0.4 is 10.1 Å². The van der Waals surface area contributed by atoms with Crippen molar-refractivity contribution in [3.8, 4) is 5.75 Å². The standard InChI is InChI=1S/C19H20ClNO4/c1-11-5-6-12(2)17(9-11)25-13(3)18(22)21-14-7-8-16(20)15(10-14)19(23)24-4/h5-10,13H,1-4H3,(H,21,22)/t13-/m1/s1. The Labute approximate surface area is 151 Å². The van der Waals surface area contributed by atoms with Gasteiger partial charge < -0.3 is 14.8 Å². The lowest BCUT2D eigenvalue weighted by atomic mass is 10.1. The topological polar surface area (TPSA) is 64.6 Å². The van der Waals surface area contributed by atoms with Crippen molar-refractivity contribution in [1.82, 2.24) is 0 Å². The second-order valence-electron chi connectivity index (χ2n) is 5.70. The molecule has 2 rings (SSSR count). The van der Waals surface area contributed by atoms with Crippen LogP contribution in [0.1, 0.15) is 28.4 Å². The van der Waals surface area contributed by atoms with E-state index in [1.54, 1.807) is 13.0 Å². The number of carbonyl (C=O) groups excluding carboxylic acids is 2. The van der Waals surface area contributed by atoms with Crippen molar-refractivity contribution < 1.29 is 19.1 Å². The van der Waals surface area contributed by atoms with E-state index in [4.69, 9.17) is 16.3 Å². The number of hydrogen-bond donors (Lipinski definition) is 1. The highest BCUT2D eigenvalue weighted by Crippen LogP contribution is 2.23. The zero-order valence-corrected chi connectivity index (χ0v) is 15.3. The van der Waals surface area contributed by atoms with E-state index < -0.39 is 12.1 Å². The van der Waals surface area contributed by atoms with E-state index in [1.807, 2.05) is 32.0 Å². The second kappa shape index (κ2) is 8.03. The minimum atomic E-state index is -0.710. The molecule has 1 atom stereocenters. The third kappa shape index (κ3) is 4.73. The molecule has 0 aliphatic rings. The van der Waals surface area contributed by atoms with Crippen molar-refractivity contribution in [2.24, 2.45) is 0 Å². The van der Waals surface area contributed by atoms with Crippen molar-refractivity contribution in [2.45, 2.75) is 26.9 Å².